The first-order chi connectivity index (χ1) is 5.44. The van der Waals surface area contributed by atoms with Gasteiger partial charge in [0.05, 0.1) is 26.2 Å². The molecule has 0 bridgehead atoms. The number of ether oxygens (including phenoxy) is 1. The van der Waals surface area contributed by atoms with Crippen molar-refractivity contribution in [2.45, 2.75) is 25.8 Å². The molecule has 0 N–H and O–H groups in total. The average Bonchev–Trinajstić information content (AvgIpc) is 2.02. The second-order valence-corrected chi connectivity index (χ2v) is 3.25. The van der Waals surface area contributed by atoms with Gasteiger partial charge in [0.1, 0.15) is 0 Å². The third-order valence-corrected chi connectivity index (χ3v) is 1.93. The van der Waals surface area contributed by atoms with Crippen LogP contribution in [0.3, 0.4) is 0 Å². The fourth-order valence-corrected chi connectivity index (χ4v) is 0.784. The van der Waals surface area contributed by atoms with Crippen LogP contribution < -0.4 is 0 Å². The molecule has 0 aromatic rings. The van der Waals surface area contributed by atoms with E-state index in [-0.39, 0.29) is 11.5 Å². The van der Waals surface area contributed by atoms with E-state index in [9.17, 15) is 4.79 Å². The number of hydrogen-bond donors (Lipinski definition) is 0. The number of carbonyl (C=O) groups is 1. The summed E-state index contributed by atoms with van der Waals surface area (Å²) in [5.41, 5.74) is -0.332. The molecular weight excluding hydrogens is 158 g/mol. The van der Waals surface area contributed by atoms with Gasteiger partial charge in [-0.15, -0.1) is 0 Å². The van der Waals surface area contributed by atoms with Gasteiger partial charge in [0.2, 0.25) is 0 Å². The topological polar surface area (TPSA) is 38.8 Å². The molecule has 0 rings (SSSR count). The zero-order chi connectivity index (χ0) is 9.78. The van der Waals surface area contributed by atoms with Crippen LogP contribution in [0.4, 0.5) is 0 Å². The predicted molar refractivity (Wildman–Crippen MR) is 45.5 cm³/mol. The van der Waals surface area contributed by atoms with Crippen molar-refractivity contribution in [2.24, 2.45) is 0 Å². The van der Waals surface area contributed by atoms with E-state index < -0.39 is 0 Å². The number of rotatable bonds is 4. The molecule has 0 amide bonds. The van der Waals surface area contributed by atoms with Crippen LogP contribution in [0, 0.1) is 0 Å². The minimum absolute atomic E-state index is 0.232. The minimum Gasteiger partial charge on any atom is -0.469 e. The summed E-state index contributed by atoms with van der Waals surface area (Å²) in [7, 11) is 4.73. The maximum absolute atomic E-state index is 10.9. The lowest BCUT2D eigenvalue weighted by atomic mass is 10.0. The Labute approximate surface area is 73.4 Å². The lowest BCUT2D eigenvalue weighted by Gasteiger charge is -2.32. The van der Waals surface area contributed by atoms with E-state index in [0.717, 1.165) is 0 Å². The molecule has 0 aliphatic carbocycles. The van der Waals surface area contributed by atoms with Crippen molar-refractivity contribution in [3.63, 3.8) is 0 Å². The third-order valence-electron chi connectivity index (χ3n) is 1.93. The van der Waals surface area contributed by atoms with Crippen molar-refractivity contribution in [1.29, 1.82) is 0 Å². The van der Waals surface area contributed by atoms with E-state index in [4.69, 9.17) is 4.84 Å². The molecule has 0 aliphatic heterocycles. The zero-order valence-corrected chi connectivity index (χ0v) is 8.38. The molecule has 72 valence electrons. The molecular formula is C8H17NO3. The van der Waals surface area contributed by atoms with Crippen molar-refractivity contribution in [3.8, 4) is 0 Å². The van der Waals surface area contributed by atoms with E-state index in [1.165, 1.54) is 7.11 Å². The number of hydroxylamine groups is 2. The van der Waals surface area contributed by atoms with E-state index in [0.29, 0.717) is 6.42 Å². The fraction of sp³-hybridized carbons (Fsp3) is 0.875. The summed E-state index contributed by atoms with van der Waals surface area (Å²) < 4.78 is 4.56. The van der Waals surface area contributed by atoms with Crippen LogP contribution in [0.1, 0.15) is 20.3 Å². The number of methoxy groups -OCH3 is 1. The molecule has 0 heterocycles. The molecule has 0 saturated heterocycles. The molecule has 12 heavy (non-hydrogen) atoms. The molecule has 0 radical (unpaired) electrons. The summed E-state index contributed by atoms with van der Waals surface area (Å²) in [6.45, 7) is 3.82. The monoisotopic (exact) mass is 175 g/mol. The maximum atomic E-state index is 10.9. The first kappa shape index (κ1) is 11.4. The van der Waals surface area contributed by atoms with Gasteiger partial charge in [0.15, 0.2) is 0 Å². The fourth-order valence-electron chi connectivity index (χ4n) is 0.784. The van der Waals surface area contributed by atoms with E-state index >= 15 is 0 Å². The highest BCUT2D eigenvalue weighted by atomic mass is 16.7. The van der Waals surface area contributed by atoms with E-state index in [2.05, 4.69) is 4.74 Å². The van der Waals surface area contributed by atoms with Crippen LogP contribution >= 0.6 is 0 Å². The first-order valence-electron chi connectivity index (χ1n) is 3.79. The average molecular weight is 175 g/mol. The number of nitrogens with zero attached hydrogens (tertiary/aromatic N) is 1. The number of hydrogen-bond acceptors (Lipinski definition) is 4. The Bertz CT molecular complexity index is 156. The number of carbonyl (C=O) groups excluding carboxylic acids is 1. The van der Waals surface area contributed by atoms with Crippen molar-refractivity contribution >= 4 is 5.97 Å². The molecule has 0 aromatic heterocycles. The summed E-state index contributed by atoms with van der Waals surface area (Å²) in [6.07, 6.45) is 0.313. The van der Waals surface area contributed by atoms with Gasteiger partial charge < -0.3 is 9.57 Å². The van der Waals surface area contributed by atoms with Crippen LogP contribution in [-0.2, 0) is 14.4 Å². The Balaban J connectivity index is 4.11. The van der Waals surface area contributed by atoms with Crippen LogP contribution in [0.2, 0.25) is 0 Å². The van der Waals surface area contributed by atoms with Gasteiger partial charge in [-0.1, -0.05) is 0 Å². The van der Waals surface area contributed by atoms with Gasteiger partial charge in [0, 0.05) is 7.05 Å². The highest BCUT2D eigenvalue weighted by Crippen LogP contribution is 2.17. The molecule has 0 atom stereocenters. The molecule has 4 heteroatoms. The Morgan fingerprint density at radius 3 is 2.25 bits per heavy atom. The summed E-state index contributed by atoms with van der Waals surface area (Å²) in [5.74, 6) is -0.232. The summed E-state index contributed by atoms with van der Waals surface area (Å²) in [6, 6.07) is 0. The summed E-state index contributed by atoms with van der Waals surface area (Å²) in [5, 5.41) is 1.63. The van der Waals surface area contributed by atoms with Crippen molar-refractivity contribution in [2.75, 3.05) is 21.3 Å². The quantitative estimate of drug-likeness (QED) is 0.468. The highest BCUT2D eigenvalue weighted by Gasteiger charge is 2.27. The van der Waals surface area contributed by atoms with Crippen molar-refractivity contribution in [3.05, 3.63) is 0 Å². The van der Waals surface area contributed by atoms with Crippen molar-refractivity contribution < 1.29 is 14.4 Å². The predicted octanol–water partition coefficient (Wildman–Crippen LogP) is 0.821. The molecule has 0 aliphatic rings. The van der Waals surface area contributed by atoms with Crippen LogP contribution in [0.15, 0.2) is 0 Å². The summed E-state index contributed by atoms with van der Waals surface area (Å²) >= 11 is 0. The lowest BCUT2D eigenvalue weighted by molar-refractivity contribution is -0.182. The number of esters is 1. The van der Waals surface area contributed by atoms with Crippen LogP contribution in [-0.4, -0.2) is 37.8 Å². The Kier molecular flexibility index (Phi) is 4.20. The Morgan fingerprint density at radius 1 is 1.42 bits per heavy atom. The van der Waals surface area contributed by atoms with Gasteiger partial charge in [-0.25, -0.2) is 0 Å². The Morgan fingerprint density at radius 2 is 1.92 bits per heavy atom. The summed E-state index contributed by atoms with van der Waals surface area (Å²) in [4.78, 5) is 15.9. The van der Waals surface area contributed by atoms with Crippen molar-refractivity contribution in [1.82, 2.24) is 5.06 Å². The van der Waals surface area contributed by atoms with Gasteiger partial charge in [-0.3, -0.25) is 4.79 Å². The third kappa shape index (κ3) is 3.19. The SMILES string of the molecule is COC(=O)CC(C)(C)N(C)OC. The maximum Gasteiger partial charge on any atom is 0.307 e. The Hall–Kier alpha value is -0.610. The largest absolute Gasteiger partial charge is 0.469 e. The molecule has 0 fully saturated rings. The van der Waals surface area contributed by atoms with Gasteiger partial charge in [-0.2, -0.15) is 5.06 Å². The standard InChI is InChI=1S/C8H17NO3/c1-8(2,9(3)12-5)6-7(10)11-4/h6H2,1-5H3. The van der Waals surface area contributed by atoms with Gasteiger partial charge >= 0.3 is 5.97 Å². The highest BCUT2D eigenvalue weighted by molar-refractivity contribution is 5.70. The van der Waals surface area contributed by atoms with E-state index in [1.807, 2.05) is 13.8 Å². The molecule has 0 unspecified atom stereocenters. The second-order valence-electron chi connectivity index (χ2n) is 3.25. The van der Waals surface area contributed by atoms with E-state index in [1.54, 1.807) is 19.2 Å². The van der Waals surface area contributed by atoms with Gasteiger partial charge in [-0.05, 0) is 13.8 Å². The zero-order valence-electron chi connectivity index (χ0n) is 8.38. The van der Waals surface area contributed by atoms with Crippen LogP contribution in [0.25, 0.3) is 0 Å². The first-order valence-corrected chi connectivity index (χ1v) is 3.79. The second kappa shape index (κ2) is 4.42. The lowest BCUT2D eigenvalue weighted by Crippen LogP contribution is -2.42. The molecule has 0 saturated carbocycles. The molecule has 0 aromatic carbocycles. The normalized spacial score (nSPS) is 11.8. The smallest absolute Gasteiger partial charge is 0.307 e. The van der Waals surface area contributed by atoms with Gasteiger partial charge in [0.25, 0.3) is 0 Å². The minimum atomic E-state index is -0.332. The van der Waals surface area contributed by atoms with Crippen LogP contribution in [0.5, 0.6) is 0 Å². The molecule has 4 nitrogen and oxygen atoms in total. The molecule has 0 spiro atoms.